The lowest BCUT2D eigenvalue weighted by Gasteiger charge is -2.48. The monoisotopic (exact) mass is 394 g/mol. The van der Waals surface area contributed by atoms with Crippen molar-refractivity contribution in [1.29, 1.82) is 0 Å². The number of rotatable bonds is 7. The van der Waals surface area contributed by atoms with Crippen LogP contribution in [0.25, 0.3) is 0 Å². The first-order valence-corrected chi connectivity index (χ1v) is 11.1. The molecule has 1 saturated carbocycles. The van der Waals surface area contributed by atoms with Gasteiger partial charge in [-0.1, -0.05) is 36.8 Å². The Morgan fingerprint density at radius 3 is 2.44 bits per heavy atom. The molecule has 0 saturated heterocycles. The third kappa shape index (κ3) is 5.43. The van der Waals surface area contributed by atoms with E-state index in [1.54, 1.807) is 24.3 Å². The van der Waals surface area contributed by atoms with Crippen molar-refractivity contribution in [3.8, 4) is 0 Å². The summed E-state index contributed by atoms with van der Waals surface area (Å²) in [4.78, 5) is 0.195. The van der Waals surface area contributed by atoms with Crippen molar-refractivity contribution in [2.45, 2.75) is 70.8 Å². The summed E-state index contributed by atoms with van der Waals surface area (Å²) in [6.45, 7) is 14.2. The molecule has 1 fully saturated rings. The van der Waals surface area contributed by atoms with Gasteiger partial charge in [-0.3, -0.25) is 4.18 Å². The molecule has 3 atom stereocenters. The van der Waals surface area contributed by atoms with Gasteiger partial charge in [-0.05, 0) is 82.8 Å². The van der Waals surface area contributed by atoms with E-state index in [1.165, 1.54) is 0 Å². The Bertz CT molecular complexity index is 758. The Labute approximate surface area is 164 Å². The summed E-state index contributed by atoms with van der Waals surface area (Å²) in [6.07, 6.45) is 3.37. The molecule has 0 heterocycles. The Morgan fingerprint density at radius 1 is 1.33 bits per heavy atom. The third-order valence-electron chi connectivity index (χ3n) is 6.24. The molecule has 0 unspecified atom stereocenters. The summed E-state index contributed by atoms with van der Waals surface area (Å²) >= 11 is 0. The van der Waals surface area contributed by atoms with Gasteiger partial charge in [0.25, 0.3) is 10.1 Å². The van der Waals surface area contributed by atoms with Gasteiger partial charge in [0.05, 0.1) is 17.1 Å². The van der Waals surface area contributed by atoms with Crippen LogP contribution in [0.5, 0.6) is 0 Å². The minimum Gasteiger partial charge on any atom is -0.390 e. The fourth-order valence-corrected chi connectivity index (χ4v) is 5.17. The Balaban J connectivity index is 2.05. The molecule has 27 heavy (non-hydrogen) atoms. The second-order valence-electron chi connectivity index (χ2n) is 9.02. The maximum atomic E-state index is 12.4. The smallest absolute Gasteiger partial charge is 0.296 e. The van der Waals surface area contributed by atoms with Gasteiger partial charge in [-0.25, -0.2) is 0 Å². The molecule has 4 nitrogen and oxygen atoms in total. The van der Waals surface area contributed by atoms with E-state index in [1.807, 2.05) is 27.7 Å². The molecular formula is C22H34O4S. The van der Waals surface area contributed by atoms with Gasteiger partial charge in [-0.15, -0.1) is 0 Å². The van der Waals surface area contributed by atoms with Crippen molar-refractivity contribution in [3.05, 3.63) is 42.0 Å². The zero-order chi connectivity index (χ0) is 20.5. The highest BCUT2D eigenvalue weighted by molar-refractivity contribution is 7.86. The summed E-state index contributed by atoms with van der Waals surface area (Å²) in [5, 5.41) is 10.4. The fourth-order valence-electron chi connectivity index (χ4n) is 4.26. The van der Waals surface area contributed by atoms with Crippen molar-refractivity contribution in [2.24, 2.45) is 17.3 Å². The van der Waals surface area contributed by atoms with Gasteiger partial charge in [-0.2, -0.15) is 8.42 Å². The van der Waals surface area contributed by atoms with E-state index in [9.17, 15) is 13.5 Å². The summed E-state index contributed by atoms with van der Waals surface area (Å²) in [5.74, 6) is 0.470. The normalized spacial score (nSPS) is 26.7. The molecule has 1 aromatic carbocycles. The number of allylic oxidation sites excluding steroid dienone is 1. The highest BCUT2D eigenvalue weighted by Gasteiger charge is 2.43. The van der Waals surface area contributed by atoms with Crippen molar-refractivity contribution in [3.63, 3.8) is 0 Å². The second-order valence-corrected chi connectivity index (χ2v) is 10.6. The topological polar surface area (TPSA) is 63.6 Å². The fraction of sp³-hybridized carbons (Fsp3) is 0.636. The van der Waals surface area contributed by atoms with Crippen LogP contribution < -0.4 is 0 Å². The average molecular weight is 395 g/mol. The van der Waals surface area contributed by atoms with E-state index in [4.69, 9.17) is 4.18 Å². The van der Waals surface area contributed by atoms with Crippen LogP contribution in [-0.2, 0) is 14.3 Å². The van der Waals surface area contributed by atoms with Crippen molar-refractivity contribution in [2.75, 3.05) is 6.61 Å². The Kier molecular flexibility index (Phi) is 6.60. The number of aliphatic hydroxyl groups is 1. The van der Waals surface area contributed by atoms with Crippen LogP contribution in [0.1, 0.15) is 58.9 Å². The lowest BCUT2D eigenvalue weighted by Crippen LogP contribution is -2.42. The van der Waals surface area contributed by atoms with Crippen molar-refractivity contribution < 1.29 is 17.7 Å². The third-order valence-corrected chi connectivity index (χ3v) is 7.57. The maximum Gasteiger partial charge on any atom is 0.296 e. The standard InChI is InChI=1S/C22H34O4S/c1-16(2)20-15-18(21(4,5)23)11-12-22(20,6)13-14-26-27(24,25)19-9-7-17(3)8-10-19/h7-10,18,20,23H,1,11-15H2,2-6H3/t18-,20+,22+/m1/s1. The molecule has 0 amide bonds. The van der Waals surface area contributed by atoms with Crippen LogP contribution >= 0.6 is 0 Å². The molecule has 1 aliphatic rings. The molecule has 0 spiro atoms. The first-order valence-electron chi connectivity index (χ1n) is 9.69. The first kappa shape index (κ1) is 22.1. The molecule has 152 valence electrons. The lowest BCUT2D eigenvalue weighted by atomic mass is 9.59. The van der Waals surface area contributed by atoms with Crippen molar-refractivity contribution >= 4 is 10.1 Å². The van der Waals surface area contributed by atoms with Gasteiger partial charge in [0.15, 0.2) is 0 Å². The molecule has 1 aromatic rings. The Hall–Kier alpha value is -1.17. The van der Waals surface area contributed by atoms with E-state index in [0.717, 1.165) is 30.4 Å². The molecule has 2 rings (SSSR count). The van der Waals surface area contributed by atoms with Gasteiger partial charge in [0.2, 0.25) is 0 Å². The largest absolute Gasteiger partial charge is 0.390 e. The van der Waals surface area contributed by atoms with E-state index in [2.05, 4.69) is 13.5 Å². The summed E-state index contributed by atoms with van der Waals surface area (Å²) in [6, 6.07) is 6.70. The number of benzene rings is 1. The molecule has 5 heteroatoms. The van der Waals surface area contributed by atoms with E-state index >= 15 is 0 Å². The highest BCUT2D eigenvalue weighted by atomic mass is 32.2. The number of hydrogen-bond acceptors (Lipinski definition) is 4. The SMILES string of the molecule is C=C(C)[C@@H]1C[C@H](C(C)(C)O)CC[C@@]1(C)CCOS(=O)(=O)c1ccc(C)cc1. The van der Waals surface area contributed by atoms with Crippen LogP contribution in [-0.4, -0.2) is 25.7 Å². The van der Waals surface area contributed by atoms with Crippen LogP contribution in [0.4, 0.5) is 0 Å². The summed E-state index contributed by atoms with van der Waals surface area (Å²) in [5.41, 5.74) is 1.32. The molecule has 0 radical (unpaired) electrons. The second kappa shape index (κ2) is 8.06. The maximum absolute atomic E-state index is 12.4. The minimum atomic E-state index is -3.74. The molecular weight excluding hydrogens is 360 g/mol. The number of hydrogen-bond donors (Lipinski definition) is 1. The van der Waals surface area contributed by atoms with Crippen LogP contribution in [0.2, 0.25) is 0 Å². The van der Waals surface area contributed by atoms with Gasteiger partial charge in [0, 0.05) is 0 Å². The van der Waals surface area contributed by atoms with Crippen molar-refractivity contribution in [1.82, 2.24) is 0 Å². The van der Waals surface area contributed by atoms with E-state index in [0.29, 0.717) is 6.42 Å². The molecule has 1 N–H and O–H groups in total. The first-order chi connectivity index (χ1) is 12.3. The quantitative estimate of drug-likeness (QED) is 0.530. The summed E-state index contributed by atoms with van der Waals surface area (Å²) in [7, 11) is -3.74. The molecule has 1 aliphatic carbocycles. The van der Waals surface area contributed by atoms with Gasteiger partial charge < -0.3 is 5.11 Å². The van der Waals surface area contributed by atoms with E-state index in [-0.39, 0.29) is 28.8 Å². The average Bonchev–Trinajstić information content (AvgIpc) is 2.53. The zero-order valence-electron chi connectivity index (χ0n) is 17.3. The van der Waals surface area contributed by atoms with Crippen LogP contribution in [0.3, 0.4) is 0 Å². The van der Waals surface area contributed by atoms with Crippen LogP contribution in [0, 0.1) is 24.2 Å². The predicted octanol–water partition coefficient (Wildman–Crippen LogP) is 4.86. The predicted molar refractivity (Wildman–Crippen MR) is 109 cm³/mol. The lowest BCUT2D eigenvalue weighted by molar-refractivity contribution is -0.0376. The number of aryl methyl sites for hydroxylation is 1. The van der Waals surface area contributed by atoms with Gasteiger partial charge >= 0.3 is 0 Å². The minimum absolute atomic E-state index is 0.0730. The zero-order valence-corrected chi connectivity index (χ0v) is 18.1. The Morgan fingerprint density at radius 2 is 1.93 bits per heavy atom. The van der Waals surface area contributed by atoms with Gasteiger partial charge in [0.1, 0.15) is 0 Å². The molecule has 0 bridgehead atoms. The molecule has 0 aromatic heterocycles. The highest BCUT2D eigenvalue weighted by Crippen LogP contribution is 2.50. The summed E-state index contributed by atoms with van der Waals surface area (Å²) < 4.78 is 30.2. The molecule has 0 aliphatic heterocycles. The van der Waals surface area contributed by atoms with Crippen LogP contribution in [0.15, 0.2) is 41.3 Å². The van der Waals surface area contributed by atoms with E-state index < -0.39 is 15.7 Å².